The number of thiazole rings is 1. The summed E-state index contributed by atoms with van der Waals surface area (Å²) >= 11 is 1.56. The van der Waals surface area contributed by atoms with Gasteiger partial charge >= 0.3 is 0 Å². The van der Waals surface area contributed by atoms with Crippen LogP contribution in [0.2, 0.25) is 0 Å². The van der Waals surface area contributed by atoms with Crippen LogP contribution in [0.25, 0.3) is 10.6 Å². The van der Waals surface area contributed by atoms with Gasteiger partial charge in [-0.25, -0.2) is 4.98 Å². The molecule has 0 aromatic carbocycles. The lowest BCUT2D eigenvalue weighted by atomic mass is 10.2. The maximum atomic E-state index is 11.7. The zero-order chi connectivity index (χ0) is 15.8. The van der Waals surface area contributed by atoms with Crippen LogP contribution < -0.4 is 10.6 Å². The summed E-state index contributed by atoms with van der Waals surface area (Å²) in [6.45, 7) is 2.34. The number of amides is 2. The quantitative estimate of drug-likeness (QED) is 0.756. The van der Waals surface area contributed by atoms with E-state index in [-0.39, 0.29) is 11.8 Å². The number of hydrogen-bond acceptors (Lipinski definition) is 5. The minimum atomic E-state index is -0.0969. The minimum absolute atomic E-state index is 0.0381. The maximum absolute atomic E-state index is 11.7. The Morgan fingerprint density at radius 2 is 1.91 bits per heavy atom. The molecule has 116 valence electrons. The highest BCUT2D eigenvalue weighted by molar-refractivity contribution is 7.13. The molecule has 0 radical (unpaired) electrons. The molecule has 2 rings (SSSR count). The van der Waals surface area contributed by atoms with Crippen LogP contribution in [-0.2, 0) is 16.0 Å². The number of nitrogens with one attached hydrogen (secondary N) is 2. The second kappa shape index (κ2) is 8.23. The van der Waals surface area contributed by atoms with Crippen LogP contribution in [0, 0.1) is 0 Å². The predicted octanol–water partition coefficient (Wildman–Crippen LogP) is 1.39. The summed E-state index contributed by atoms with van der Waals surface area (Å²) in [4.78, 5) is 30.9. The number of nitrogens with zero attached hydrogens (tertiary/aromatic N) is 2. The normalized spacial score (nSPS) is 10.2. The van der Waals surface area contributed by atoms with E-state index in [1.165, 1.54) is 6.92 Å². The van der Waals surface area contributed by atoms with E-state index in [0.29, 0.717) is 25.9 Å². The molecule has 0 aliphatic rings. The number of aromatic nitrogens is 2. The first kappa shape index (κ1) is 16.1. The Morgan fingerprint density at radius 3 is 2.64 bits per heavy atom. The van der Waals surface area contributed by atoms with Crippen molar-refractivity contribution in [3.05, 3.63) is 35.6 Å². The molecule has 0 bridgehead atoms. The van der Waals surface area contributed by atoms with Gasteiger partial charge in [0.15, 0.2) is 0 Å². The number of carbonyl (C=O) groups excluding carboxylic acids is 2. The van der Waals surface area contributed by atoms with E-state index >= 15 is 0 Å². The van der Waals surface area contributed by atoms with Gasteiger partial charge in [0.05, 0.1) is 5.69 Å². The van der Waals surface area contributed by atoms with E-state index in [1.54, 1.807) is 23.7 Å². The molecule has 0 atom stereocenters. The number of rotatable bonds is 7. The molecule has 0 unspecified atom stereocenters. The first-order valence-electron chi connectivity index (χ1n) is 7.01. The highest BCUT2D eigenvalue weighted by Gasteiger charge is 2.07. The summed E-state index contributed by atoms with van der Waals surface area (Å²) in [5, 5.41) is 8.29. The summed E-state index contributed by atoms with van der Waals surface area (Å²) in [5.74, 6) is -0.135. The molecule has 2 heterocycles. The lowest BCUT2D eigenvalue weighted by Crippen LogP contribution is -2.33. The maximum Gasteiger partial charge on any atom is 0.220 e. The van der Waals surface area contributed by atoms with E-state index < -0.39 is 0 Å². The molecular weight excluding hydrogens is 300 g/mol. The summed E-state index contributed by atoms with van der Waals surface area (Å²) in [7, 11) is 0. The first-order valence-corrected chi connectivity index (χ1v) is 7.89. The standard InChI is InChI=1S/C15H18N4O2S/c1-11(20)17-8-9-18-14(21)3-2-13-10-22-15(19-13)12-4-6-16-7-5-12/h4-7,10H,2-3,8-9H2,1H3,(H,17,20)(H,18,21). The van der Waals surface area contributed by atoms with Crippen molar-refractivity contribution in [3.63, 3.8) is 0 Å². The Kier molecular flexibility index (Phi) is 6.02. The van der Waals surface area contributed by atoms with Crippen molar-refractivity contribution < 1.29 is 9.59 Å². The van der Waals surface area contributed by atoms with Gasteiger partial charge in [0.1, 0.15) is 5.01 Å². The summed E-state index contributed by atoms with van der Waals surface area (Å²) in [6, 6.07) is 3.83. The van der Waals surface area contributed by atoms with Gasteiger partial charge in [-0.2, -0.15) is 0 Å². The number of aryl methyl sites for hydroxylation is 1. The van der Waals surface area contributed by atoms with Gasteiger partial charge < -0.3 is 10.6 Å². The molecule has 2 aromatic rings. The van der Waals surface area contributed by atoms with Crippen LogP contribution in [0.1, 0.15) is 19.0 Å². The summed E-state index contributed by atoms with van der Waals surface area (Å²) < 4.78 is 0. The zero-order valence-corrected chi connectivity index (χ0v) is 13.2. The zero-order valence-electron chi connectivity index (χ0n) is 12.3. The monoisotopic (exact) mass is 318 g/mol. The van der Waals surface area contributed by atoms with Crippen LogP contribution >= 0.6 is 11.3 Å². The van der Waals surface area contributed by atoms with Gasteiger partial charge in [-0.3, -0.25) is 14.6 Å². The third-order valence-electron chi connectivity index (χ3n) is 2.91. The lowest BCUT2D eigenvalue weighted by Gasteiger charge is -2.04. The highest BCUT2D eigenvalue weighted by atomic mass is 32.1. The van der Waals surface area contributed by atoms with Gasteiger partial charge in [-0.05, 0) is 18.6 Å². The number of carbonyl (C=O) groups is 2. The molecule has 0 aliphatic carbocycles. The van der Waals surface area contributed by atoms with E-state index in [2.05, 4.69) is 20.6 Å². The Morgan fingerprint density at radius 1 is 1.18 bits per heavy atom. The fraction of sp³-hybridized carbons (Fsp3) is 0.333. The van der Waals surface area contributed by atoms with Crippen molar-refractivity contribution in [2.24, 2.45) is 0 Å². The molecule has 0 aliphatic heterocycles. The van der Waals surface area contributed by atoms with E-state index in [0.717, 1.165) is 16.3 Å². The van der Waals surface area contributed by atoms with Crippen molar-refractivity contribution in [3.8, 4) is 10.6 Å². The average Bonchev–Trinajstić information content (AvgIpc) is 2.99. The second-order valence-corrected chi connectivity index (χ2v) is 5.57. The van der Waals surface area contributed by atoms with Gasteiger partial charge in [0.2, 0.25) is 11.8 Å². The van der Waals surface area contributed by atoms with Crippen LogP contribution in [0.3, 0.4) is 0 Å². The third-order valence-corrected chi connectivity index (χ3v) is 3.85. The topological polar surface area (TPSA) is 84.0 Å². The van der Waals surface area contributed by atoms with Crippen LogP contribution in [-0.4, -0.2) is 34.9 Å². The Bertz CT molecular complexity index is 627. The Hall–Kier alpha value is -2.28. The van der Waals surface area contributed by atoms with Crippen molar-refractivity contribution in [2.45, 2.75) is 19.8 Å². The van der Waals surface area contributed by atoms with E-state index in [9.17, 15) is 9.59 Å². The van der Waals surface area contributed by atoms with Gasteiger partial charge in [0.25, 0.3) is 0 Å². The van der Waals surface area contributed by atoms with E-state index in [1.807, 2.05) is 17.5 Å². The fourth-order valence-corrected chi connectivity index (χ4v) is 2.68. The van der Waals surface area contributed by atoms with Gasteiger partial charge in [-0.1, -0.05) is 0 Å². The molecule has 0 spiro atoms. The van der Waals surface area contributed by atoms with E-state index in [4.69, 9.17) is 0 Å². The molecule has 0 saturated heterocycles. The molecular formula is C15H18N4O2S. The second-order valence-electron chi connectivity index (χ2n) is 4.71. The van der Waals surface area contributed by atoms with Crippen molar-refractivity contribution in [1.82, 2.24) is 20.6 Å². The summed E-state index contributed by atoms with van der Waals surface area (Å²) in [5.41, 5.74) is 1.94. The molecule has 2 aromatic heterocycles. The summed E-state index contributed by atoms with van der Waals surface area (Å²) in [6.07, 6.45) is 4.46. The van der Waals surface area contributed by atoms with Gasteiger partial charge in [-0.15, -0.1) is 11.3 Å². The molecule has 6 nitrogen and oxygen atoms in total. The van der Waals surface area contributed by atoms with Crippen LogP contribution in [0.4, 0.5) is 0 Å². The molecule has 7 heteroatoms. The number of pyridine rings is 1. The predicted molar refractivity (Wildman–Crippen MR) is 85.4 cm³/mol. The molecule has 22 heavy (non-hydrogen) atoms. The SMILES string of the molecule is CC(=O)NCCNC(=O)CCc1csc(-c2ccncc2)n1. The molecule has 0 fully saturated rings. The Labute approximate surface area is 133 Å². The lowest BCUT2D eigenvalue weighted by molar-refractivity contribution is -0.122. The molecule has 0 saturated carbocycles. The van der Waals surface area contributed by atoms with Crippen molar-refractivity contribution in [1.29, 1.82) is 0 Å². The van der Waals surface area contributed by atoms with Crippen LogP contribution in [0.15, 0.2) is 29.9 Å². The van der Waals surface area contributed by atoms with Crippen molar-refractivity contribution in [2.75, 3.05) is 13.1 Å². The van der Waals surface area contributed by atoms with Crippen LogP contribution in [0.5, 0.6) is 0 Å². The smallest absolute Gasteiger partial charge is 0.220 e. The minimum Gasteiger partial charge on any atom is -0.355 e. The first-order chi connectivity index (χ1) is 10.6. The third kappa shape index (κ3) is 5.25. The fourth-order valence-electron chi connectivity index (χ4n) is 1.82. The Balaban J connectivity index is 1.74. The largest absolute Gasteiger partial charge is 0.355 e. The molecule has 2 N–H and O–H groups in total. The highest BCUT2D eigenvalue weighted by Crippen LogP contribution is 2.23. The van der Waals surface area contributed by atoms with Crippen molar-refractivity contribution >= 4 is 23.2 Å². The van der Waals surface area contributed by atoms with Gasteiger partial charge in [0, 0.05) is 49.8 Å². The number of hydrogen-bond donors (Lipinski definition) is 2. The average molecular weight is 318 g/mol. The molecule has 2 amide bonds.